The summed E-state index contributed by atoms with van der Waals surface area (Å²) in [6.45, 7) is 5.67. The van der Waals surface area contributed by atoms with E-state index >= 15 is 0 Å². The number of thiophene rings is 1. The van der Waals surface area contributed by atoms with E-state index < -0.39 is 0 Å². The lowest BCUT2D eigenvalue weighted by atomic mass is 10.1. The van der Waals surface area contributed by atoms with E-state index in [9.17, 15) is 9.59 Å². The van der Waals surface area contributed by atoms with Gasteiger partial charge < -0.3 is 20.9 Å². The maximum Gasteiger partial charge on any atom is 0.261 e. The Bertz CT molecular complexity index is 685. The molecule has 8 heteroatoms. The minimum absolute atomic E-state index is 0.0213. The first-order valence-electron chi connectivity index (χ1n) is 10.8. The van der Waals surface area contributed by atoms with E-state index in [1.807, 2.05) is 29.3 Å². The van der Waals surface area contributed by atoms with Crippen LogP contribution in [0.25, 0.3) is 0 Å². The third-order valence-electron chi connectivity index (χ3n) is 5.52. The molecule has 1 saturated heterocycles. The van der Waals surface area contributed by atoms with Crippen molar-refractivity contribution in [2.45, 2.75) is 51.5 Å². The van der Waals surface area contributed by atoms with Crippen LogP contribution in [-0.4, -0.2) is 61.4 Å². The van der Waals surface area contributed by atoms with E-state index in [0.29, 0.717) is 19.0 Å². The van der Waals surface area contributed by atoms with Gasteiger partial charge in [0.25, 0.3) is 5.91 Å². The molecule has 1 unspecified atom stereocenters. The van der Waals surface area contributed by atoms with Crippen molar-refractivity contribution in [3.05, 3.63) is 22.4 Å². The Kier molecular flexibility index (Phi) is 8.34. The van der Waals surface area contributed by atoms with E-state index in [4.69, 9.17) is 0 Å². The van der Waals surface area contributed by atoms with Crippen LogP contribution in [0.5, 0.6) is 0 Å². The van der Waals surface area contributed by atoms with Crippen LogP contribution in [-0.2, 0) is 4.79 Å². The summed E-state index contributed by atoms with van der Waals surface area (Å²) in [5, 5.41) is 11.6. The first-order chi connectivity index (χ1) is 14.2. The number of nitrogens with one attached hydrogen (secondary N) is 3. The summed E-state index contributed by atoms with van der Waals surface area (Å²) in [6.07, 6.45) is 6.24. The average molecular weight is 420 g/mol. The van der Waals surface area contributed by atoms with Crippen LogP contribution in [0.3, 0.4) is 0 Å². The molecule has 7 nitrogen and oxygen atoms in total. The molecule has 2 aliphatic rings. The van der Waals surface area contributed by atoms with E-state index in [-0.39, 0.29) is 17.9 Å². The second-order valence-electron chi connectivity index (χ2n) is 7.74. The highest BCUT2D eigenvalue weighted by Crippen LogP contribution is 2.27. The predicted octanol–water partition coefficient (Wildman–Crippen LogP) is 2.21. The molecule has 1 aliphatic carbocycles. The van der Waals surface area contributed by atoms with Crippen LogP contribution in [0.15, 0.2) is 22.5 Å². The van der Waals surface area contributed by atoms with Crippen LogP contribution in [0.4, 0.5) is 0 Å². The van der Waals surface area contributed by atoms with Gasteiger partial charge in [-0.05, 0) is 44.1 Å². The summed E-state index contributed by atoms with van der Waals surface area (Å²) in [5.41, 5.74) is 0. The largest absolute Gasteiger partial charge is 0.357 e. The fourth-order valence-electron chi connectivity index (χ4n) is 3.99. The molecule has 1 saturated carbocycles. The lowest BCUT2D eigenvalue weighted by Gasteiger charge is -2.21. The zero-order valence-corrected chi connectivity index (χ0v) is 18.1. The van der Waals surface area contributed by atoms with E-state index in [0.717, 1.165) is 56.2 Å². The number of amides is 2. The van der Waals surface area contributed by atoms with E-state index in [1.165, 1.54) is 24.2 Å². The van der Waals surface area contributed by atoms with Gasteiger partial charge in [0.2, 0.25) is 5.91 Å². The lowest BCUT2D eigenvalue weighted by Crippen LogP contribution is -2.45. The maximum absolute atomic E-state index is 12.6. The number of guanidine groups is 1. The monoisotopic (exact) mass is 419 g/mol. The van der Waals surface area contributed by atoms with Gasteiger partial charge in [0.05, 0.1) is 4.88 Å². The molecular weight excluding hydrogens is 386 g/mol. The Morgan fingerprint density at radius 2 is 2.07 bits per heavy atom. The molecule has 0 spiro atoms. The van der Waals surface area contributed by atoms with Gasteiger partial charge in [-0.1, -0.05) is 18.9 Å². The molecule has 2 heterocycles. The Labute approximate surface area is 177 Å². The number of hydrogen-bond donors (Lipinski definition) is 3. The summed E-state index contributed by atoms with van der Waals surface area (Å²) < 4.78 is 0. The first-order valence-corrected chi connectivity index (χ1v) is 11.7. The van der Waals surface area contributed by atoms with Gasteiger partial charge in [-0.15, -0.1) is 11.3 Å². The van der Waals surface area contributed by atoms with Crippen molar-refractivity contribution in [3.63, 3.8) is 0 Å². The van der Waals surface area contributed by atoms with Crippen molar-refractivity contribution < 1.29 is 9.59 Å². The van der Waals surface area contributed by atoms with Gasteiger partial charge in [-0.3, -0.25) is 14.6 Å². The number of carbonyl (C=O) groups excluding carboxylic acids is 2. The number of rotatable bonds is 8. The van der Waals surface area contributed by atoms with Gasteiger partial charge >= 0.3 is 0 Å². The van der Waals surface area contributed by atoms with Crippen molar-refractivity contribution in [2.75, 3.05) is 32.7 Å². The zero-order chi connectivity index (χ0) is 20.5. The van der Waals surface area contributed by atoms with Crippen LogP contribution in [0.1, 0.15) is 55.1 Å². The van der Waals surface area contributed by atoms with Gasteiger partial charge in [-0.25, -0.2) is 0 Å². The number of carbonyl (C=O) groups is 2. The van der Waals surface area contributed by atoms with Crippen molar-refractivity contribution >= 4 is 29.1 Å². The summed E-state index contributed by atoms with van der Waals surface area (Å²) >= 11 is 1.45. The van der Waals surface area contributed by atoms with Crippen molar-refractivity contribution in [2.24, 2.45) is 10.9 Å². The second kappa shape index (κ2) is 11.2. The topological polar surface area (TPSA) is 85.8 Å². The molecule has 1 atom stereocenters. The number of nitrogens with zero attached hydrogens (tertiary/aromatic N) is 2. The lowest BCUT2D eigenvalue weighted by molar-refractivity contribution is -0.134. The van der Waals surface area contributed by atoms with Gasteiger partial charge in [0.1, 0.15) is 0 Å². The molecular formula is C21H33N5O2S. The Hall–Kier alpha value is -2.09. The first kappa shape index (κ1) is 21.6. The molecule has 0 radical (unpaired) electrons. The molecule has 0 bridgehead atoms. The molecule has 2 fully saturated rings. The van der Waals surface area contributed by atoms with Crippen LogP contribution in [0, 0.1) is 5.92 Å². The molecule has 3 rings (SSSR count). The molecule has 1 aliphatic heterocycles. The third kappa shape index (κ3) is 6.45. The number of likely N-dealkylation sites (tertiary alicyclic amines) is 1. The number of hydrogen-bond acceptors (Lipinski definition) is 4. The van der Waals surface area contributed by atoms with Gasteiger partial charge in [0, 0.05) is 44.7 Å². The predicted molar refractivity (Wildman–Crippen MR) is 117 cm³/mol. The van der Waals surface area contributed by atoms with E-state index in [1.54, 1.807) is 0 Å². The average Bonchev–Trinajstić information content (AvgIpc) is 3.49. The maximum atomic E-state index is 12.6. The molecule has 1 aromatic rings. The van der Waals surface area contributed by atoms with Crippen molar-refractivity contribution in [3.8, 4) is 0 Å². The minimum atomic E-state index is -0.0213. The Balaban J connectivity index is 1.38. The Morgan fingerprint density at radius 3 is 2.79 bits per heavy atom. The third-order valence-corrected chi connectivity index (χ3v) is 6.39. The highest BCUT2D eigenvalue weighted by atomic mass is 32.1. The van der Waals surface area contributed by atoms with Crippen LogP contribution < -0.4 is 16.0 Å². The quantitative estimate of drug-likeness (QED) is 0.343. The highest BCUT2D eigenvalue weighted by molar-refractivity contribution is 7.12. The van der Waals surface area contributed by atoms with Crippen LogP contribution in [0.2, 0.25) is 0 Å². The minimum Gasteiger partial charge on any atom is -0.357 e. The van der Waals surface area contributed by atoms with Crippen LogP contribution >= 0.6 is 11.3 Å². The second-order valence-corrected chi connectivity index (χ2v) is 8.69. The number of aliphatic imine (C=N–C) groups is 1. The summed E-state index contributed by atoms with van der Waals surface area (Å²) in [7, 11) is 0. The molecule has 3 N–H and O–H groups in total. The zero-order valence-electron chi connectivity index (χ0n) is 17.3. The summed E-state index contributed by atoms with van der Waals surface area (Å²) in [6, 6.07) is 3.95. The normalized spacial score (nSPS) is 20.1. The SMILES string of the molecule is CCNC(=NCCCNC(=O)c1cccs1)NC1CCN(C(=O)C2CCCC2)C1. The smallest absolute Gasteiger partial charge is 0.261 e. The van der Waals surface area contributed by atoms with Gasteiger partial charge in [0.15, 0.2) is 5.96 Å². The van der Waals surface area contributed by atoms with Crippen molar-refractivity contribution in [1.82, 2.24) is 20.9 Å². The summed E-state index contributed by atoms with van der Waals surface area (Å²) in [5.74, 6) is 1.36. The van der Waals surface area contributed by atoms with Crippen molar-refractivity contribution in [1.29, 1.82) is 0 Å². The van der Waals surface area contributed by atoms with Gasteiger partial charge in [-0.2, -0.15) is 0 Å². The fourth-order valence-corrected chi connectivity index (χ4v) is 4.63. The molecule has 29 heavy (non-hydrogen) atoms. The summed E-state index contributed by atoms with van der Waals surface area (Å²) in [4.78, 5) is 31.9. The highest BCUT2D eigenvalue weighted by Gasteiger charge is 2.32. The molecule has 2 amide bonds. The molecule has 160 valence electrons. The molecule has 1 aromatic heterocycles. The Morgan fingerprint density at radius 1 is 1.24 bits per heavy atom. The van der Waals surface area contributed by atoms with E-state index in [2.05, 4.69) is 20.9 Å². The fraction of sp³-hybridized carbons (Fsp3) is 0.667. The standard InChI is InChI=1S/C21H33N5O2S/c1-2-22-21(24-12-6-11-23-19(27)18-9-5-14-29-18)25-17-10-13-26(15-17)20(28)16-7-3-4-8-16/h5,9,14,16-17H,2-4,6-8,10-13,15H2,1H3,(H,23,27)(H2,22,24,25). The molecule has 0 aromatic carbocycles.